The fourth-order valence-electron chi connectivity index (χ4n) is 3.51. The number of rotatable bonds is 8. The summed E-state index contributed by atoms with van der Waals surface area (Å²) in [4.78, 5) is 13.1. The molecule has 3 rings (SSSR count). The van der Waals surface area contributed by atoms with E-state index in [2.05, 4.69) is 10.4 Å². The van der Waals surface area contributed by atoms with Gasteiger partial charge in [0.15, 0.2) is 15.7 Å². The number of aromatic nitrogens is 2. The molecule has 174 valence electrons. The van der Waals surface area contributed by atoms with Crippen molar-refractivity contribution in [3.63, 3.8) is 0 Å². The van der Waals surface area contributed by atoms with Crippen molar-refractivity contribution in [1.29, 1.82) is 0 Å². The average Bonchev–Trinajstić information content (AvgIpc) is 3.30. The number of sulfone groups is 1. The van der Waals surface area contributed by atoms with Crippen LogP contribution >= 0.6 is 0 Å². The zero-order chi connectivity index (χ0) is 23.5. The molecule has 1 aromatic carbocycles. The molecule has 0 radical (unpaired) electrons. The monoisotopic (exact) mass is 469 g/mol. The maximum Gasteiger partial charge on any atom is 0.257 e. The molecule has 1 amide bonds. The number of nitrogens with one attached hydrogen (secondary N) is 1. The molecule has 1 aliphatic rings. The van der Waals surface area contributed by atoms with Gasteiger partial charge in [-0.15, -0.1) is 0 Å². The number of aliphatic hydroxyl groups is 2. The van der Waals surface area contributed by atoms with E-state index in [1.807, 2.05) is 0 Å². The number of hydrogen-bond acceptors (Lipinski definition) is 6. The Bertz CT molecular complexity index is 1080. The molecule has 8 nitrogen and oxygen atoms in total. The van der Waals surface area contributed by atoms with Crippen LogP contribution in [0.25, 0.3) is 5.57 Å². The largest absolute Gasteiger partial charge is 0.394 e. The van der Waals surface area contributed by atoms with Gasteiger partial charge >= 0.3 is 0 Å². The highest BCUT2D eigenvalue weighted by molar-refractivity contribution is 7.90. The molecule has 1 aliphatic carbocycles. The standard InChI is InChI=1S/C21H25F2N3O5S/c1-32(30,31)16-4-2-14(3-5-16)17(8-13-9-18(22)19(23)10-13)21(29)24-20-6-7-26(25-20)11-15(28)12-27/h2-8,13,15,18-19,27-28H,9-12H2,1H3,(H,24,25,29)/b17-8+/t13?,15-,18?,19?/m0/s1. The van der Waals surface area contributed by atoms with Gasteiger partial charge in [0.25, 0.3) is 5.91 Å². The number of nitrogens with zero attached hydrogens (tertiary/aromatic N) is 2. The summed E-state index contributed by atoms with van der Waals surface area (Å²) in [5, 5.41) is 25.1. The highest BCUT2D eigenvalue weighted by Crippen LogP contribution is 2.34. The van der Waals surface area contributed by atoms with Gasteiger partial charge in [0.1, 0.15) is 12.3 Å². The number of alkyl halides is 2. The molecular formula is C21H25F2N3O5S. The molecular weight excluding hydrogens is 444 g/mol. The summed E-state index contributed by atoms with van der Waals surface area (Å²) in [7, 11) is -3.43. The molecule has 0 spiro atoms. The molecule has 11 heteroatoms. The van der Waals surface area contributed by atoms with E-state index in [1.54, 1.807) is 0 Å². The molecule has 0 saturated heterocycles. The van der Waals surface area contributed by atoms with Crippen LogP contribution in [0.5, 0.6) is 0 Å². The van der Waals surface area contributed by atoms with Crippen LogP contribution in [0, 0.1) is 5.92 Å². The van der Waals surface area contributed by atoms with E-state index in [1.165, 1.54) is 47.3 Å². The van der Waals surface area contributed by atoms with Gasteiger partial charge in [0.05, 0.1) is 24.2 Å². The van der Waals surface area contributed by atoms with Crippen molar-refractivity contribution in [1.82, 2.24) is 9.78 Å². The first-order chi connectivity index (χ1) is 15.1. The number of allylic oxidation sites excluding steroid dienone is 1. The van der Waals surface area contributed by atoms with Crippen molar-refractivity contribution in [2.45, 2.75) is 42.7 Å². The number of carbonyl (C=O) groups excluding carboxylic acids is 1. The minimum absolute atomic E-state index is 0.0277. The van der Waals surface area contributed by atoms with E-state index in [-0.39, 0.29) is 35.7 Å². The summed E-state index contributed by atoms with van der Waals surface area (Å²) in [5.74, 6) is -0.896. The van der Waals surface area contributed by atoms with Crippen LogP contribution in [0.3, 0.4) is 0 Å². The Hall–Kier alpha value is -2.63. The summed E-state index contributed by atoms with van der Waals surface area (Å²) in [5.41, 5.74) is 0.532. The molecule has 32 heavy (non-hydrogen) atoms. The number of hydrogen-bond donors (Lipinski definition) is 3. The lowest BCUT2D eigenvalue weighted by molar-refractivity contribution is -0.111. The van der Waals surface area contributed by atoms with Crippen LogP contribution in [0.15, 0.2) is 47.5 Å². The maximum atomic E-state index is 13.7. The second-order valence-corrected chi connectivity index (χ2v) is 9.87. The van der Waals surface area contributed by atoms with Crippen LogP contribution in [0.2, 0.25) is 0 Å². The van der Waals surface area contributed by atoms with Crippen molar-refractivity contribution in [3.05, 3.63) is 48.2 Å². The highest BCUT2D eigenvalue weighted by atomic mass is 32.2. The number of amides is 1. The first kappa shape index (κ1) is 24.0. The van der Waals surface area contributed by atoms with Crippen molar-refractivity contribution in [2.75, 3.05) is 18.2 Å². The normalized spacial score (nSPS) is 22.7. The summed E-state index contributed by atoms with van der Waals surface area (Å²) in [6.07, 6.45) is -0.215. The fraction of sp³-hybridized carbons (Fsp3) is 0.429. The Morgan fingerprint density at radius 3 is 2.44 bits per heavy atom. The zero-order valence-corrected chi connectivity index (χ0v) is 18.2. The topological polar surface area (TPSA) is 122 Å². The third-order valence-electron chi connectivity index (χ3n) is 5.18. The Balaban J connectivity index is 1.86. The fourth-order valence-corrected chi connectivity index (χ4v) is 4.14. The molecule has 1 fully saturated rings. The van der Waals surface area contributed by atoms with Gasteiger partial charge in [0.2, 0.25) is 0 Å². The predicted octanol–water partition coefficient (Wildman–Crippen LogP) is 1.75. The SMILES string of the molecule is CS(=O)(=O)c1ccc(/C(=C\C2CC(F)C(F)C2)C(=O)Nc2ccn(C[C@H](O)CO)n2)cc1. The Morgan fingerprint density at radius 2 is 1.88 bits per heavy atom. The van der Waals surface area contributed by atoms with Crippen LogP contribution in [-0.2, 0) is 21.2 Å². The molecule has 0 bridgehead atoms. The molecule has 2 unspecified atom stereocenters. The van der Waals surface area contributed by atoms with Gasteiger partial charge in [0, 0.05) is 24.1 Å². The van der Waals surface area contributed by atoms with Gasteiger partial charge in [-0.05, 0) is 36.5 Å². The van der Waals surface area contributed by atoms with E-state index in [4.69, 9.17) is 5.11 Å². The van der Waals surface area contributed by atoms with Crippen LogP contribution in [0.1, 0.15) is 18.4 Å². The summed E-state index contributed by atoms with van der Waals surface area (Å²) >= 11 is 0. The Labute approximate surface area is 184 Å². The maximum absolute atomic E-state index is 13.7. The van der Waals surface area contributed by atoms with E-state index in [0.717, 1.165) is 6.26 Å². The van der Waals surface area contributed by atoms with Gasteiger partial charge in [-0.3, -0.25) is 9.48 Å². The first-order valence-corrected chi connectivity index (χ1v) is 11.9. The minimum Gasteiger partial charge on any atom is -0.394 e. The van der Waals surface area contributed by atoms with E-state index in [0.29, 0.717) is 5.56 Å². The number of halogens is 2. The second-order valence-electron chi connectivity index (χ2n) is 7.85. The smallest absolute Gasteiger partial charge is 0.257 e. The number of carbonyl (C=O) groups is 1. The number of anilines is 1. The van der Waals surface area contributed by atoms with Crippen molar-refractivity contribution in [2.24, 2.45) is 5.92 Å². The van der Waals surface area contributed by atoms with Crippen molar-refractivity contribution < 1.29 is 32.2 Å². The van der Waals surface area contributed by atoms with E-state index < -0.39 is 46.7 Å². The quantitative estimate of drug-likeness (QED) is 0.507. The van der Waals surface area contributed by atoms with Gasteiger partial charge < -0.3 is 15.5 Å². The van der Waals surface area contributed by atoms with Crippen LogP contribution in [0.4, 0.5) is 14.6 Å². The zero-order valence-electron chi connectivity index (χ0n) is 17.4. The molecule has 1 saturated carbocycles. The second kappa shape index (κ2) is 9.88. The summed E-state index contributed by atoms with van der Waals surface area (Å²) in [6.45, 7) is -0.412. The minimum atomic E-state index is -3.43. The van der Waals surface area contributed by atoms with Gasteiger partial charge in [-0.2, -0.15) is 5.10 Å². The lowest BCUT2D eigenvalue weighted by Crippen LogP contribution is -2.20. The molecule has 1 aromatic heterocycles. The van der Waals surface area contributed by atoms with E-state index in [9.17, 15) is 27.1 Å². The van der Waals surface area contributed by atoms with Gasteiger partial charge in [-0.1, -0.05) is 18.2 Å². The van der Waals surface area contributed by atoms with Crippen LogP contribution in [-0.4, -0.2) is 65.6 Å². The lowest BCUT2D eigenvalue weighted by Gasteiger charge is -2.12. The molecule has 0 aliphatic heterocycles. The molecule has 3 N–H and O–H groups in total. The third kappa shape index (κ3) is 5.99. The lowest BCUT2D eigenvalue weighted by atomic mass is 9.98. The highest BCUT2D eigenvalue weighted by Gasteiger charge is 2.34. The summed E-state index contributed by atoms with van der Waals surface area (Å²) in [6, 6.07) is 7.15. The predicted molar refractivity (Wildman–Crippen MR) is 114 cm³/mol. The van der Waals surface area contributed by atoms with Crippen molar-refractivity contribution >= 4 is 27.1 Å². The van der Waals surface area contributed by atoms with Crippen molar-refractivity contribution in [3.8, 4) is 0 Å². The number of aliphatic hydroxyl groups excluding tert-OH is 2. The van der Waals surface area contributed by atoms with Crippen LogP contribution < -0.4 is 5.32 Å². The Kier molecular flexibility index (Phi) is 7.42. The van der Waals surface area contributed by atoms with E-state index >= 15 is 0 Å². The number of benzene rings is 1. The third-order valence-corrected chi connectivity index (χ3v) is 6.31. The molecule has 1 heterocycles. The summed E-state index contributed by atoms with van der Waals surface area (Å²) < 4.78 is 52.1. The first-order valence-electron chi connectivity index (χ1n) is 10.0. The van der Waals surface area contributed by atoms with Gasteiger partial charge in [-0.25, -0.2) is 17.2 Å². The molecule has 3 atom stereocenters. The average molecular weight is 470 g/mol. The Morgan fingerprint density at radius 1 is 1.25 bits per heavy atom. The molecule has 2 aromatic rings.